The number of hydrogen-bond acceptors (Lipinski definition) is 0. The fourth-order valence-electron chi connectivity index (χ4n) is 2.22. The fourth-order valence-corrected chi connectivity index (χ4v) is 2.22. The summed E-state index contributed by atoms with van der Waals surface area (Å²) in [4.78, 5) is 0. The molecule has 1 aromatic heterocycles. The van der Waals surface area contributed by atoms with Crippen LogP contribution >= 0.6 is 0 Å². The molecular weight excluding hydrogens is 210 g/mol. The van der Waals surface area contributed by atoms with Crippen molar-refractivity contribution in [3.8, 4) is 16.9 Å². The van der Waals surface area contributed by atoms with Crippen molar-refractivity contribution in [1.29, 1.82) is 0 Å². The minimum absolute atomic E-state index is 0.0564. The quantitative estimate of drug-likeness (QED) is 0.594. The van der Waals surface area contributed by atoms with Crippen LogP contribution in [0.1, 0.15) is 0 Å². The maximum absolute atomic E-state index is 11.5. The molecule has 0 unspecified atom stereocenters. The van der Waals surface area contributed by atoms with E-state index in [-0.39, 0.29) is 5.75 Å². The van der Waals surface area contributed by atoms with Crippen molar-refractivity contribution in [2.45, 2.75) is 0 Å². The van der Waals surface area contributed by atoms with E-state index in [0.29, 0.717) is 0 Å². The monoisotopic (exact) mass is 222 g/mol. The standard InChI is InChI=1S/C15H12NO/c1-16-10-14(11-5-3-2-4-6-11)13-9-12(17)7-8-15(13)16/h2-10H,1H3. The van der Waals surface area contributed by atoms with Gasteiger partial charge in [-0.3, -0.25) is 5.11 Å². The molecule has 1 radical (unpaired) electrons. The van der Waals surface area contributed by atoms with Gasteiger partial charge >= 0.3 is 0 Å². The molecule has 2 aromatic carbocycles. The second-order valence-corrected chi connectivity index (χ2v) is 4.20. The number of rotatable bonds is 1. The molecule has 0 N–H and O–H groups in total. The van der Waals surface area contributed by atoms with Gasteiger partial charge < -0.3 is 4.57 Å². The van der Waals surface area contributed by atoms with E-state index in [0.717, 1.165) is 22.0 Å². The van der Waals surface area contributed by atoms with E-state index < -0.39 is 0 Å². The van der Waals surface area contributed by atoms with Crippen molar-refractivity contribution < 1.29 is 5.11 Å². The molecule has 0 spiro atoms. The van der Waals surface area contributed by atoms with Crippen LogP contribution < -0.4 is 0 Å². The second-order valence-electron chi connectivity index (χ2n) is 4.20. The molecule has 0 bridgehead atoms. The number of fused-ring (bicyclic) bond motifs is 1. The normalized spacial score (nSPS) is 10.9. The Morgan fingerprint density at radius 3 is 2.53 bits per heavy atom. The molecule has 2 heteroatoms. The number of aromatic nitrogens is 1. The molecule has 0 amide bonds. The van der Waals surface area contributed by atoms with Crippen LogP contribution in [0.15, 0.2) is 54.7 Å². The lowest BCUT2D eigenvalue weighted by Crippen LogP contribution is -1.81. The molecule has 3 aromatic rings. The lowest BCUT2D eigenvalue weighted by molar-refractivity contribution is 0.355. The van der Waals surface area contributed by atoms with E-state index >= 15 is 0 Å². The fraction of sp³-hybridized carbons (Fsp3) is 0.0667. The highest BCUT2D eigenvalue weighted by atomic mass is 16.3. The molecule has 0 saturated carbocycles. The first-order valence-corrected chi connectivity index (χ1v) is 5.57. The summed E-state index contributed by atoms with van der Waals surface area (Å²) in [6.45, 7) is 0. The first-order chi connectivity index (χ1) is 8.25. The minimum Gasteiger partial charge on any atom is -0.350 e. The van der Waals surface area contributed by atoms with Gasteiger partial charge in [0, 0.05) is 29.7 Å². The SMILES string of the molecule is Cn1cc(-c2ccccc2)c2cc([O])ccc21. The molecule has 0 aliphatic carbocycles. The highest BCUT2D eigenvalue weighted by molar-refractivity contribution is 5.96. The summed E-state index contributed by atoms with van der Waals surface area (Å²) in [5.41, 5.74) is 3.34. The van der Waals surface area contributed by atoms with E-state index in [1.54, 1.807) is 12.1 Å². The van der Waals surface area contributed by atoms with Gasteiger partial charge in [0.25, 0.3) is 0 Å². The van der Waals surface area contributed by atoms with Crippen LogP contribution in [0.25, 0.3) is 22.0 Å². The zero-order chi connectivity index (χ0) is 11.8. The summed E-state index contributed by atoms with van der Waals surface area (Å²) in [7, 11) is 2.00. The molecule has 2 nitrogen and oxygen atoms in total. The van der Waals surface area contributed by atoms with Crippen LogP contribution in [-0.4, -0.2) is 4.57 Å². The number of aryl methyl sites for hydroxylation is 1. The lowest BCUT2D eigenvalue weighted by Gasteiger charge is -1.98. The van der Waals surface area contributed by atoms with Crippen LogP contribution in [-0.2, 0) is 12.2 Å². The zero-order valence-electron chi connectivity index (χ0n) is 9.55. The highest BCUT2D eigenvalue weighted by Crippen LogP contribution is 2.32. The van der Waals surface area contributed by atoms with Crippen LogP contribution in [0.2, 0.25) is 0 Å². The van der Waals surface area contributed by atoms with Gasteiger partial charge in [0.1, 0.15) is 0 Å². The van der Waals surface area contributed by atoms with E-state index in [1.165, 1.54) is 0 Å². The molecule has 0 aliphatic rings. The molecule has 1 heterocycles. The Balaban J connectivity index is 2.34. The molecule has 0 aliphatic heterocycles. The van der Waals surface area contributed by atoms with Gasteiger partial charge in [-0.25, -0.2) is 0 Å². The zero-order valence-corrected chi connectivity index (χ0v) is 9.55. The van der Waals surface area contributed by atoms with Crippen LogP contribution in [0.3, 0.4) is 0 Å². The number of nitrogens with zero attached hydrogens (tertiary/aromatic N) is 1. The van der Waals surface area contributed by atoms with E-state index in [1.807, 2.05) is 31.3 Å². The Labute approximate surface area is 99.7 Å². The third-order valence-corrected chi connectivity index (χ3v) is 3.05. The Bertz CT molecular complexity index is 668. The first-order valence-electron chi connectivity index (χ1n) is 5.57. The average molecular weight is 222 g/mol. The van der Waals surface area contributed by atoms with Gasteiger partial charge in [-0.15, -0.1) is 0 Å². The van der Waals surface area contributed by atoms with E-state index in [4.69, 9.17) is 0 Å². The van der Waals surface area contributed by atoms with E-state index in [2.05, 4.69) is 22.9 Å². The molecule has 0 fully saturated rings. The van der Waals surface area contributed by atoms with Crippen molar-refractivity contribution >= 4 is 10.9 Å². The Morgan fingerprint density at radius 2 is 1.76 bits per heavy atom. The first kappa shape index (κ1) is 9.97. The summed E-state index contributed by atoms with van der Waals surface area (Å²) in [6.07, 6.45) is 2.07. The molecule has 0 saturated heterocycles. The Hall–Kier alpha value is -2.22. The van der Waals surface area contributed by atoms with Crippen LogP contribution in [0, 0.1) is 0 Å². The van der Waals surface area contributed by atoms with Gasteiger partial charge in [0.15, 0.2) is 5.75 Å². The van der Waals surface area contributed by atoms with Gasteiger partial charge in [-0.05, 0) is 23.8 Å². The second kappa shape index (κ2) is 3.67. The van der Waals surface area contributed by atoms with Gasteiger partial charge in [0.05, 0.1) is 0 Å². The molecule has 83 valence electrons. The van der Waals surface area contributed by atoms with Crippen molar-refractivity contribution in [2.24, 2.45) is 7.05 Å². The molecule has 0 atom stereocenters. The van der Waals surface area contributed by atoms with Crippen LogP contribution in [0.5, 0.6) is 5.75 Å². The summed E-state index contributed by atoms with van der Waals surface area (Å²) < 4.78 is 2.05. The number of hydrogen-bond donors (Lipinski definition) is 0. The largest absolute Gasteiger partial charge is 0.350 e. The van der Waals surface area contributed by atoms with Crippen LogP contribution in [0.4, 0.5) is 0 Å². The summed E-state index contributed by atoms with van der Waals surface area (Å²) in [5.74, 6) is 0.0564. The number of benzene rings is 2. The van der Waals surface area contributed by atoms with Crippen molar-refractivity contribution in [3.05, 3.63) is 54.7 Å². The topological polar surface area (TPSA) is 24.8 Å². The highest BCUT2D eigenvalue weighted by Gasteiger charge is 2.09. The maximum Gasteiger partial charge on any atom is 0.179 e. The Kier molecular flexibility index (Phi) is 2.15. The summed E-state index contributed by atoms with van der Waals surface area (Å²) in [6, 6.07) is 15.3. The van der Waals surface area contributed by atoms with Crippen molar-refractivity contribution in [1.82, 2.24) is 4.57 Å². The molecule has 17 heavy (non-hydrogen) atoms. The van der Waals surface area contributed by atoms with Crippen molar-refractivity contribution in [2.75, 3.05) is 0 Å². The summed E-state index contributed by atoms with van der Waals surface area (Å²) in [5, 5.41) is 12.5. The van der Waals surface area contributed by atoms with Crippen molar-refractivity contribution in [3.63, 3.8) is 0 Å². The maximum atomic E-state index is 11.5. The predicted molar refractivity (Wildman–Crippen MR) is 68.5 cm³/mol. The third kappa shape index (κ3) is 1.58. The minimum atomic E-state index is 0.0564. The average Bonchev–Trinajstić information content (AvgIpc) is 2.67. The van der Waals surface area contributed by atoms with Gasteiger partial charge in [0.2, 0.25) is 0 Å². The summed E-state index contributed by atoms with van der Waals surface area (Å²) >= 11 is 0. The van der Waals surface area contributed by atoms with E-state index in [9.17, 15) is 5.11 Å². The lowest BCUT2D eigenvalue weighted by atomic mass is 10.1. The van der Waals surface area contributed by atoms with Gasteiger partial charge in [-0.2, -0.15) is 0 Å². The molecular formula is C15H12NO. The third-order valence-electron chi connectivity index (χ3n) is 3.05. The smallest absolute Gasteiger partial charge is 0.179 e. The Morgan fingerprint density at radius 1 is 1.00 bits per heavy atom. The predicted octanol–water partition coefficient (Wildman–Crippen LogP) is 3.99. The van der Waals surface area contributed by atoms with Gasteiger partial charge in [-0.1, -0.05) is 30.3 Å². The molecule has 3 rings (SSSR count).